The highest BCUT2D eigenvalue weighted by Gasteiger charge is 2.36. The van der Waals surface area contributed by atoms with E-state index in [1.807, 2.05) is 0 Å². The molecule has 2 atom stereocenters. The fraction of sp³-hybridized carbons (Fsp3) is 0.571. The Hall–Kier alpha value is -2.85. The van der Waals surface area contributed by atoms with Crippen molar-refractivity contribution in [1.29, 1.82) is 0 Å². The van der Waals surface area contributed by atoms with Crippen LogP contribution in [0.2, 0.25) is 0 Å². The van der Waals surface area contributed by atoms with Crippen LogP contribution in [0.15, 0.2) is 24.3 Å². The number of aliphatic hydroxyl groups excluding tert-OH is 2. The number of carbonyl (C=O) groups excluding carboxylic acids is 3. The van der Waals surface area contributed by atoms with Crippen molar-refractivity contribution in [1.82, 2.24) is 15.5 Å². The molecule has 0 heterocycles. The average molecular weight is 440 g/mol. The lowest BCUT2D eigenvalue weighted by molar-refractivity contribution is -0.144. The molecular formula is C21H33N3O7. The first-order valence-electron chi connectivity index (χ1n) is 10.0. The molecule has 0 fully saturated rings. The number of amides is 3. The Bertz CT molecular complexity index is 762. The van der Waals surface area contributed by atoms with Gasteiger partial charge in [0, 0.05) is 12.6 Å². The predicted octanol–water partition coefficient (Wildman–Crippen LogP) is 0.664. The molecule has 0 bridgehead atoms. The van der Waals surface area contributed by atoms with Gasteiger partial charge in [0.25, 0.3) is 0 Å². The van der Waals surface area contributed by atoms with Crippen LogP contribution in [0.5, 0.6) is 5.75 Å². The highest BCUT2D eigenvalue weighted by atomic mass is 16.6. The molecule has 1 aromatic carbocycles. The Morgan fingerprint density at radius 3 is 2.26 bits per heavy atom. The van der Waals surface area contributed by atoms with Crippen LogP contribution in [0, 0.1) is 0 Å². The molecule has 174 valence electrons. The summed E-state index contributed by atoms with van der Waals surface area (Å²) in [6, 6.07) is 2.95. The first kappa shape index (κ1) is 26.2. The van der Waals surface area contributed by atoms with Crippen LogP contribution in [0.3, 0.4) is 0 Å². The number of hydrogen-bond acceptors (Lipinski definition) is 7. The molecule has 10 nitrogen and oxygen atoms in total. The standard InChI is InChI=1S/C21H33N3O7/c1-13(2)22-18(28)17(14-7-6-8-15(27)11-14)24(9-10-25)19(29)16(12-26)23-20(30)31-21(3,4)5/h6-8,11,13,16-17,25-27H,9-10,12H2,1-5H3,(H,22,28)(H,23,30). The third kappa shape index (κ3) is 8.42. The molecule has 0 radical (unpaired) electrons. The summed E-state index contributed by atoms with van der Waals surface area (Å²) in [6.07, 6.45) is -0.913. The molecule has 0 spiro atoms. The van der Waals surface area contributed by atoms with Crippen LogP contribution in [-0.2, 0) is 14.3 Å². The van der Waals surface area contributed by atoms with Crippen molar-refractivity contribution in [2.75, 3.05) is 19.8 Å². The summed E-state index contributed by atoms with van der Waals surface area (Å²) in [5, 5.41) is 34.1. The third-order valence-corrected chi connectivity index (χ3v) is 3.97. The highest BCUT2D eigenvalue weighted by molar-refractivity contribution is 5.92. The minimum Gasteiger partial charge on any atom is -0.508 e. The van der Waals surface area contributed by atoms with E-state index in [2.05, 4.69) is 10.6 Å². The van der Waals surface area contributed by atoms with Gasteiger partial charge in [-0.05, 0) is 52.3 Å². The number of hydrogen-bond donors (Lipinski definition) is 5. The van der Waals surface area contributed by atoms with Gasteiger partial charge in [-0.2, -0.15) is 0 Å². The Balaban J connectivity index is 3.29. The summed E-state index contributed by atoms with van der Waals surface area (Å²) in [7, 11) is 0. The minimum absolute atomic E-state index is 0.109. The molecular weight excluding hydrogens is 406 g/mol. The number of benzene rings is 1. The Labute approximate surface area is 182 Å². The molecule has 0 aliphatic carbocycles. The first-order chi connectivity index (χ1) is 14.4. The van der Waals surface area contributed by atoms with Gasteiger partial charge in [0.2, 0.25) is 11.8 Å². The molecule has 5 N–H and O–H groups in total. The Morgan fingerprint density at radius 2 is 1.77 bits per heavy atom. The van der Waals surface area contributed by atoms with Crippen molar-refractivity contribution in [2.24, 2.45) is 0 Å². The van der Waals surface area contributed by atoms with Crippen molar-refractivity contribution < 1.29 is 34.4 Å². The van der Waals surface area contributed by atoms with Crippen LogP contribution >= 0.6 is 0 Å². The predicted molar refractivity (Wildman–Crippen MR) is 113 cm³/mol. The zero-order chi connectivity index (χ0) is 23.8. The first-order valence-corrected chi connectivity index (χ1v) is 10.0. The van der Waals surface area contributed by atoms with E-state index >= 15 is 0 Å². The lowest BCUT2D eigenvalue weighted by Gasteiger charge is -2.34. The van der Waals surface area contributed by atoms with Crippen LogP contribution in [-0.4, -0.2) is 75.6 Å². The van der Waals surface area contributed by atoms with Crippen LogP contribution in [0.25, 0.3) is 0 Å². The fourth-order valence-electron chi connectivity index (χ4n) is 2.84. The van der Waals surface area contributed by atoms with E-state index in [4.69, 9.17) is 4.74 Å². The summed E-state index contributed by atoms with van der Waals surface area (Å²) in [6.45, 7) is 6.96. The maximum atomic E-state index is 13.2. The molecule has 31 heavy (non-hydrogen) atoms. The number of aromatic hydroxyl groups is 1. The summed E-state index contributed by atoms with van der Waals surface area (Å²) in [5.74, 6) is -1.45. The number of nitrogens with zero attached hydrogens (tertiary/aromatic N) is 1. The SMILES string of the molecule is CC(C)NC(=O)C(c1cccc(O)c1)N(CCO)C(=O)C(CO)NC(=O)OC(C)(C)C. The van der Waals surface area contributed by atoms with Gasteiger partial charge in [0.15, 0.2) is 0 Å². The van der Waals surface area contributed by atoms with E-state index in [1.165, 1.54) is 18.2 Å². The second-order valence-corrected chi connectivity index (χ2v) is 8.30. The molecule has 1 rings (SSSR count). The molecule has 3 amide bonds. The Morgan fingerprint density at radius 1 is 1.13 bits per heavy atom. The van der Waals surface area contributed by atoms with Gasteiger partial charge in [-0.1, -0.05) is 12.1 Å². The largest absolute Gasteiger partial charge is 0.508 e. The summed E-state index contributed by atoms with van der Waals surface area (Å²) >= 11 is 0. The smallest absolute Gasteiger partial charge is 0.408 e. The van der Waals surface area contributed by atoms with Crippen LogP contribution in [0.4, 0.5) is 4.79 Å². The van der Waals surface area contributed by atoms with Crippen molar-refractivity contribution in [3.63, 3.8) is 0 Å². The maximum absolute atomic E-state index is 13.2. The highest BCUT2D eigenvalue weighted by Crippen LogP contribution is 2.25. The topological polar surface area (TPSA) is 148 Å². The molecule has 1 aromatic rings. The maximum Gasteiger partial charge on any atom is 0.408 e. The number of carbonyl (C=O) groups is 3. The molecule has 0 aliphatic rings. The lowest BCUT2D eigenvalue weighted by Crippen LogP contribution is -2.55. The van der Waals surface area contributed by atoms with E-state index in [-0.39, 0.29) is 18.3 Å². The molecule has 0 saturated heterocycles. The van der Waals surface area contributed by atoms with Crippen molar-refractivity contribution in [2.45, 2.75) is 58.3 Å². The molecule has 0 aromatic heterocycles. The van der Waals surface area contributed by atoms with Gasteiger partial charge in [0.05, 0.1) is 13.2 Å². The van der Waals surface area contributed by atoms with Gasteiger partial charge in [-0.25, -0.2) is 4.79 Å². The molecule has 2 unspecified atom stereocenters. The zero-order valence-corrected chi connectivity index (χ0v) is 18.6. The number of phenolic OH excluding ortho intramolecular Hbond substituents is 1. The number of aliphatic hydroxyl groups is 2. The van der Waals surface area contributed by atoms with Gasteiger partial charge in [0.1, 0.15) is 23.4 Å². The third-order valence-electron chi connectivity index (χ3n) is 3.97. The molecule has 10 heteroatoms. The molecule has 0 aliphatic heterocycles. The quantitative estimate of drug-likeness (QED) is 0.380. The van der Waals surface area contributed by atoms with Gasteiger partial charge >= 0.3 is 6.09 Å². The fourth-order valence-corrected chi connectivity index (χ4v) is 2.84. The van der Waals surface area contributed by atoms with Crippen molar-refractivity contribution in [3.05, 3.63) is 29.8 Å². The zero-order valence-electron chi connectivity index (χ0n) is 18.6. The number of ether oxygens (including phenoxy) is 1. The van der Waals surface area contributed by atoms with Crippen molar-refractivity contribution in [3.8, 4) is 5.75 Å². The van der Waals surface area contributed by atoms with E-state index < -0.39 is 48.8 Å². The van der Waals surface area contributed by atoms with Gasteiger partial charge in [-0.3, -0.25) is 9.59 Å². The van der Waals surface area contributed by atoms with Gasteiger partial charge in [-0.15, -0.1) is 0 Å². The number of rotatable bonds is 9. The van der Waals surface area contributed by atoms with Crippen LogP contribution < -0.4 is 10.6 Å². The van der Waals surface area contributed by atoms with Crippen molar-refractivity contribution >= 4 is 17.9 Å². The second-order valence-electron chi connectivity index (χ2n) is 8.30. The Kier molecular flexibility index (Phi) is 9.73. The lowest BCUT2D eigenvalue weighted by atomic mass is 10.0. The van der Waals surface area contributed by atoms with E-state index in [0.717, 1.165) is 4.90 Å². The minimum atomic E-state index is -1.41. The summed E-state index contributed by atoms with van der Waals surface area (Å²) in [4.78, 5) is 39.3. The van der Waals surface area contributed by atoms with Gasteiger partial charge < -0.3 is 35.6 Å². The van der Waals surface area contributed by atoms with Crippen LogP contribution in [0.1, 0.15) is 46.2 Å². The monoisotopic (exact) mass is 439 g/mol. The summed E-state index contributed by atoms with van der Waals surface area (Å²) < 4.78 is 5.13. The molecule has 0 saturated carbocycles. The number of alkyl carbamates (subject to hydrolysis) is 1. The van der Waals surface area contributed by atoms with E-state index in [1.54, 1.807) is 40.7 Å². The second kappa shape index (κ2) is 11.5. The van der Waals surface area contributed by atoms with E-state index in [9.17, 15) is 29.7 Å². The van der Waals surface area contributed by atoms with E-state index in [0.29, 0.717) is 5.56 Å². The normalized spacial score (nSPS) is 13.3. The summed E-state index contributed by atoms with van der Waals surface area (Å²) in [5.41, 5.74) is -0.520. The average Bonchev–Trinajstić information content (AvgIpc) is 2.63. The number of nitrogens with one attached hydrogen (secondary N) is 2. The number of phenols is 1.